The normalized spacial score (nSPS) is 15.8. The molecule has 162 valence electrons. The van der Waals surface area contributed by atoms with Gasteiger partial charge in [0.05, 0.1) is 20.6 Å². The summed E-state index contributed by atoms with van der Waals surface area (Å²) in [6.07, 6.45) is 1.64. The Morgan fingerprint density at radius 2 is 1.60 bits per heavy atom. The molecule has 0 bridgehead atoms. The Labute approximate surface area is 191 Å². The molecule has 0 unspecified atom stereocenters. The van der Waals surface area contributed by atoms with Gasteiger partial charge in [-0.1, -0.05) is 40.9 Å². The molecule has 1 fully saturated rings. The Morgan fingerprint density at radius 3 is 2.20 bits per heavy atom. The summed E-state index contributed by atoms with van der Waals surface area (Å²) in [4.78, 5) is 14.6. The molecule has 1 aliphatic heterocycles. The van der Waals surface area contributed by atoms with Gasteiger partial charge >= 0.3 is 0 Å². The lowest BCUT2D eigenvalue weighted by Gasteiger charge is -2.32. The van der Waals surface area contributed by atoms with Gasteiger partial charge in [-0.15, -0.1) is 0 Å². The van der Waals surface area contributed by atoms with Crippen LogP contribution in [0.3, 0.4) is 0 Å². The number of para-hydroxylation sites is 1. The van der Waals surface area contributed by atoms with Crippen molar-refractivity contribution in [2.45, 2.75) is 30.2 Å². The average molecular weight is 491 g/mol. The van der Waals surface area contributed by atoms with Gasteiger partial charge in [-0.2, -0.15) is 0 Å². The standard InChI is InChI=1S/C20H22Cl3N3O3S/c21-14-4-6-16(7-5-14)30(28,29)25-15-8-11-26(12-9-15)13-10-19(27)24-20-17(22)2-1-3-18(20)23/h1-7,15,25H,8-13H2,(H,24,27). The van der Waals surface area contributed by atoms with Crippen LogP contribution < -0.4 is 10.0 Å². The number of carbonyl (C=O) groups excluding carboxylic acids is 1. The van der Waals surface area contributed by atoms with Gasteiger partial charge in [0.25, 0.3) is 0 Å². The van der Waals surface area contributed by atoms with Crippen molar-refractivity contribution in [3.63, 3.8) is 0 Å². The number of sulfonamides is 1. The zero-order valence-corrected chi connectivity index (χ0v) is 19.2. The van der Waals surface area contributed by atoms with Gasteiger partial charge in [-0.25, -0.2) is 13.1 Å². The van der Waals surface area contributed by atoms with E-state index < -0.39 is 10.0 Å². The molecule has 0 spiro atoms. The molecular weight excluding hydrogens is 469 g/mol. The number of anilines is 1. The van der Waals surface area contributed by atoms with Crippen LogP contribution in [0.25, 0.3) is 0 Å². The van der Waals surface area contributed by atoms with Gasteiger partial charge in [0.2, 0.25) is 15.9 Å². The summed E-state index contributed by atoms with van der Waals surface area (Å²) in [6, 6.07) is 11.0. The number of nitrogens with zero attached hydrogens (tertiary/aromatic N) is 1. The second-order valence-electron chi connectivity index (χ2n) is 7.09. The van der Waals surface area contributed by atoms with Gasteiger partial charge in [-0.3, -0.25) is 4.79 Å². The van der Waals surface area contributed by atoms with Crippen LogP contribution in [0.15, 0.2) is 47.4 Å². The Kier molecular flexibility index (Phi) is 8.01. The highest BCUT2D eigenvalue weighted by Gasteiger charge is 2.25. The molecule has 2 N–H and O–H groups in total. The van der Waals surface area contributed by atoms with Crippen LogP contribution >= 0.6 is 34.8 Å². The lowest BCUT2D eigenvalue weighted by molar-refractivity contribution is -0.116. The maximum absolute atomic E-state index is 12.5. The molecule has 1 heterocycles. The highest BCUT2D eigenvalue weighted by atomic mass is 35.5. The van der Waals surface area contributed by atoms with Crippen LogP contribution in [0.4, 0.5) is 5.69 Å². The van der Waals surface area contributed by atoms with Crippen LogP contribution in [-0.4, -0.2) is 44.9 Å². The number of rotatable bonds is 7. The largest absolute Gasteiger partial charge is 0.324 e. The fourth-order valence-electron chi connectivity index (χ4n) is 3.25. The van der Waals surface area contributed by atoms with Crippen molar-refractivity contribution in [3.8, 4) is 0 Å². The van der Waals surface area contributed by atoms with Crippen molar-refractivity contribution in [2.24, 2.45) is 0 Å². The number of halogens is 3. The molecule has 1 saturated heterocycles. The highest BCUT2D eigenvalue weighted by Crippen LogP contribution is 2.29. The van der Waals surface area contributed by atoms with Crippen LogP contribution in [0.5, 0.6) is 0 Å². The first-order chi connectivity index (χ1) is 14.2. The number of hydrogen-bond acceptors (Lipinski definition) is 4. The molecule has 1 aliphatic rings. The number of carbonyl (C=O) groups is 1. The smallest absolute Gasteiger partial charge is 0.240 e. The van der Waals surface area contributed by atoms with Crippen molar-refractivity contribution < 1.29 is 13.2 Å². The molecule has 0 atom stereocenters. The van der Waals surface area contributed by atoms with Gasteiger partial charge in [0, 0.05) is 24.0 Å². The summed E-state index contributed by atoms with van der Waals surface area (Å²) in [5.41, 5.74) is 0.418. The Hall–Kier alpha value is -1.35. The number of amides is 1. The Morgan fingerprint density at radius 1 is 1.00 bits per heavy atom. The Bertz CT molecular complexity index is 972. The summed E-state index contributed by atoms with van der Waals surface area (Å²) in [5, 5.41) is 4.02. The molecule has 3 rings (SSSR count). The van der Waals surface area contributed by atoms with E-state index in [1.54, 1.807) is 30.3 Å². The SMILES string of the molecule is O=C(CCN1CCC(NS(=O)(=O)c2ccc(Cl)cc2)CC1)Nc1c(Cl)cccc1Cl. The molecular formula is C20H22Cl3N3O3S. The van der Waals surface area contributed by atoms with E-state index in [4.69, 9.17) is 34.8 Å². The van der Waals surface area contributed by atoms with E-state index in [0.29, 0.717) is 59.7 Å². The molecule has 0 aliphatic carbocycles. The first-order valence-electron chi connectivity index (χ1n) is 9.49. The maximum atomic E-state index is 12.5. The molecule has 6 nitrogen and oxygen atoms in total. The van der Waals surface area contributed by atoms with Crippen molar-refractivity contribution in [1.82, 2.24) is 9.62 Å². The predicted octanol–water partition coefficient (Wildman–Crippen LogP) is 4.42. The second kappa shape index (κ2) is 10.3. The fraction of sp³-hybridized carbons (Fsp3) is 0.350. The van der Waals surface area contributed by atoms with E-state index in [-0.39, 0.29) is 16.8 Å². The Balaban J connectivity index is 1.44. The number of piperidine rings is 1. The minimum Gasteiger partial charge on any atom is -0.324 e. The fourth-order valence-corrected chi connectivity index (χ4v) is 5.18. The molecule has 30 heavy (non-hydrogen) atoms. The van der Waals surface area contributed by atoms with Crippen molar-refractivity contribution in [2.75, 3.05) is 25.0 Å². The first-order valence-corrected chi connectivity index (χ1v) is 12.1. The third-order valence-corrected chi connectivity index (χ3v) is 7.33. The molecule has 0 saturated carbocycles. The quantitative estimate of drug-likeness (QED) is 0.602. The van der Waals surface area contributed by atoms with E-state index in [2.05, 4.69) is 14.9 Å². The average Bonchev–Trinajstić information content (AvgIpc) is 2.70. The molecule has 1 amide bonds. The van der Waals surface area contributed by atoms with E-state index >= 15 is 0 Å². The molecule has 2 aromatic rings. The van der Waals surface area contributed by atoms with Gasteiger partial charge < -0.3 is 10.2 Å². The molecule has 2 aromatic carbocycles. The number of nitrogens with one attached hydrogen (secondary N) is 2. The minimum absolute atomic E-state index is 0.141. The number of likely N-dealkylation sites (tertiary alicyclic amines) is 1. The van der Waals surface area contributed by atoms with Gasteiger partial charge in [0.15, 0.2) is 0 Å². The third kappa shape index (κ3) is 6.33. The lowest BCUT2D eigenvalue weighted by Crippen LogP contribution is -2.45. The van der Waals surface area contributed by atoms with Crippen LogP contribution in [-0.2, 0) is 14.8 Å². The maximum Gasteiger partial charge on any atom is 0.240 e. The van der Waals surface area contributed by atoms with Crippen molar-refractivity contribution in [1.29, 1.82) is 0 Å². The van der Waals surface area contributed by atoms with Crippen molar-refractivity contribution in [3.05, 3.63) is 57.5 Å². The van der Waals surface area contributed by atoms with E-state index in [0.717, 1.165) is 0 Å². The first kappa shape index (κ1) is 23.3. The monoisotopic (exact) mass is 489 g/mol. The molecule has 0 aromatic heterocycles. The molecule has 10 heteroatoms. The van der Waals surface area contributed by atoms with E-state index in [9.17, 15) is 13.2 Å². The zero-order valence-electron chi connectivity index (χ0n) is 16.1. The predicted molar refractivity (Wildman–Crippen MR) is 121 cm³/mol. The topological polar surface area (TPSA) is 78.5 Å². The summed E-state index contributed by atoms with van der Waals surface area (Å²) in [5.74, 6) is -0.171. The lowest BCUT2D eigenvalue weighted by atomic mass is 10.1. The zero-order chi connectivity index (χ0) is 21.7. The summed E-state index contributed by atoms with van der Waals surface area (Å²) in [6.45, 7) is 1.98. The van der Waals surface area contributed by atoms with Crippen LogP contribution in [0, 0.1) is 0 Å². The number of benzene rings is 2. The van der Waals surface area contributed by atoms with E-state index in [1.165, 1.54) is 12.1 Å². The van der Waals surface area contributed by atoms with E-state index in [1.807, 2.05) is 0 Å². The third-order valence-electron chi connectivity index (χ3n) is 4.92. The van der Waals surface area contributed by atoms with Gasteiger partial charge in [0.1, 0.15) is 0 Å². The van der Waals surface area contributed by atoms with Crippen molar-refractivity contribution >= 4 is 56.4 Å². The van der Waals surface area contributed by atoms with Crippen LogP contribution in [0.2, 0.25) is 15.1 Å². The van der Waals surface area contributed by atoms with Gasteiger partial charge in [-0.05, 0) is 62.3 Å². The summed E-state index contributed by atoms with van der Waals surface area (Å²) >= 11 is 18.0. The summed E-state index contributed by atoms with van der Waals surface area (Å²) in [7, 11) is -3.58. The molecule has 0 radical (unpaired) electrons. The second-order valence-corrected chi connectivity index (χ2v) is 10.1. The number of hydrogen-bond donors (Lipinski definition) is 2. The van der Waals surface area contributed by atoms with Crippen LogP contribution in [0.1, 0.15) is 19.3 Å². The minimum atomic E-state index is -3.58. The highest BCUT2D eigenvalue weighted by molar-refractivity contribution is 7.89. The summed E-state index contributed by atoms with van der Waals surface area (Å²) < 4.78 is 27.7.